The number of fused-ring (bicyclic) bond motifs is 1. The van der Waals surface area contributed by atoms with Crippen LogP contribution in [0.15, 0.2) is 48.5 Å². The van der Waals surface area contributed by atoms with Gasteiger partial charge in [-0.2, -0.15) is 0 Å². The summed E-state index contributed by atoms with van der Waals surface area (Å²) in [6.07, 6.45) is 6.68. The molecule has 1 aliphatic carbocycles. The molecule has 2 aromatic carbocycles. The lowest BCUT2D eigenvalue weighted by Crippen LogP contribution is -1.91. The van der Waals surface area contributed by atoms with Crippen LogP contribution in [0.4, 0.5) is 0 Å². The van der Waals surface area contributed by atoms with E-state index >= 15 is 0 Å². The molecule has 0 spiro atoms. The van der Waals surface area contributed by atoms with Gasteiger partial charge in [0, 0.05) is 0 Å². The third kappa shape index (κ3) is 1.70. The molecule has 2 aromatic rings. The van der Waals surface area contributed by atoms with Gasteiger partial charge in [0.15, 0.2) is 0 Å². The zero-order chi connectivity index (χ0) is 11.7. The first-order valence-electron chi connectivity index (χ1n) is 6.27. The highest BCUT2D eigenvalue weighted by molar-refractivity contribution is 5.81. The first-order chi connectivity index (χ1) is 8.40. The molecule has 0 unspecified atom stereocenters. The van der Waals surface area contributed by atoms with Crippen molar-refractivity contribution < 1.29 is 0 Å². The number of benzene rings is 2. The predicted octanol–water partition coefficient (Wildman–Crippen LogP) is 4.49. The third-order valence-electron chi connectivity index (χ3n) is 3.51. The van der Waals surface area contributed by atoms with Crippen LogP contribution in [0.1, 0.15) is 23.6 Å². The maximum Gasteiger partial charge on any atom is -0.00879 e. The lowest BCUT2D eigenvalue weighted by molar-refractivity contribution is 1.14. The second-order valence-electron chi connectivity index (χ2n) is 4.50. The van der Waals surface area contributed by atoms with Crippen LogP contribution >= 0.6 is 0 Å². The monoisotopic (exact) mass is 220 g/mol. The lowest BCUT2D eigenvalue weighted by Gasteiger charge is -2.11. The van der Waals surface area contributed by atoms with Crippen LogP contribution in [0.2, 0.25) is 0 Å². The van der Waals surface area contributed by atoms with Crippen LogP contribution in [-0.2, 0) is 12.8 Å². The maximum absolute atomic E-state index is 2.26. The average Bonchev–Trinajstić information content (AvgIpc) is 2.86. The fourth-order valence-corrected chi connectivity index (χ4v) is 2.62. The van der Waals surface area contributed by atoms with Gasteiger partial charge in [-0.3, -0.25) is 0 Å². The lowest BCUT2D eigenvalue weighted by atomic mass is 9.93. The smallest absolute Gasteiger partial charge is 0.00879 e. The predicted molar refractivity (Wildman–Crippen MR) is 74.0 cm³/mol. The Bertz CT molecular complexity index is 576. The number of hydrogen-bond acceptors (Lipinski definition) is 0. The fourth-order valence-electron chi connectivity index (χ4n) is 2.62. The molecule has 0 amide bonds. The molecule has 17 heavy (non-hydrogen) atoms. The topological polar surface area (TPSA) is 0 Å². The first kappa shape index (κ1) is 10.3. The summed E-state index contributed by atoms with van der Waals surface area (Å²) >= 11 is 0. The standard InChI is InChI=1S/C17H16/c1-2-13-7-3-4-10-15(13)17-12-6-9-14-8-5-11-16(14)17/h3-7,9-12H,2,8H2,1H3. The summed E-state index contributed by atoms with van der Waals surface area (Å²) < 4.78 is 0. The Morgan fingerprint density at radius 1 is 0.941 bits per heavy atom. The Labute approximate surface area is 103 Å². The van der Waals surface area contributed by atoms with Gasteiger partial charge >= 0.3 is 0 Å². The summed E-state index contributed by atoms with van der Waals surface area (Å²) in [7, 11) is 0. The Hall–Kier alpha value is -1.82. The maximum atomic E-state index is 2.26. The van der Waals surface area contributed by atoms with Gasteiger partial charge in [0.25, 0.3) is 0 Å². The molecule has 0 saturated heterocycles. The van der Waals surface area contributed by atoms with E-state index in [2.05, 4.69) is 61.5 Å². The van der Waals surface area contributed by atoms with E-state index in [4.69, 9.17) is 0 Å². The second-order valence-corrected chi connectivity index (χ2v) is 4.50. The van der Waals surface area contributed by atoms with E-state index in [1.54, 1.807) is 0 Å². The van der Waals surface area contributed by atoms with E-state index in [0.29, 0.717) is 0 Å². The van der Waals surface area contributed by atoms with Crippen molar-refractivity contribution in [3.05, 3.63) is 65.2 Å². The second kappa shape index (κ2) is 4.21. The van der Waals surface area contributed by atoms with Gasteiger partial charge in [-0.25, -0.2) is 0 Å². The van der Waals surface area contributed by atoms with Gasteiger partial charge in [0.1, 0.15) is 0 Å². The van der Waals surface area contributed by atoms with Crippen molar-refractivity contribution in [2.45, 2.75) is 19.8 Å². The largest absolute Gasteiger partial charge is 0.0795 e. The SMILES string of the molecule is CCc1ccccc1-c1cccc2c1C=CC2. The molecule has 0 N–H and O–H groups in total. The van der Waals surface area contributed by atoms with E-state index in [0.717, 1.165) is 12.8 Å². The summed E-state index contributed by atoms with van der Waals surface area (Å²) in [6, 6.07) is 15.4. The van der Waals surface area contributed by atoms with E-state index < -0.39 is 0 Å². The van der Waals surface area contributed by atoms with Crippen LogP contribution in [-0.4, -0.2) is 0 Å². The molecule has 0 radical (unpaired) electrons. The zero-order valence-electron chi connectivity index (χ0n) is 10.1. The molecule has 0 heterocycles. The summed E-state index contributed by atoms with van der Waals surface area (Å²) in [6.45, 7) is 2.22. The molecule has 84 valence electrons. The molecule has 0 bridgehead atoms. The molecule has 0 aliphatic heterocycles. The van der Waals surface area contributed by atoms with Crippen molar-refractivity contribution in [1.82, 2.24) is 0 Å². The number of allylic oxidation sites excluding steroid dienone is 1. The van der Waals surface area contributed by atoms with Crippen molar-refractivity contribution in [1.29, 1.82) is 0 Å². The van der Waals surface area contributed by atoms with Gasteiger partial charge < -0.3 is 0 Å². The Kier molecular flexibility index (Phi) is 2.56. The normalized spacial score (nSPS) is 12.8. The minimum Gasteiger partial charge on any atom is -0.0795 e. The highest BCUT2D eigenvalue weighted by atomic mass is 14.2. The van der Waals surface area contributed by atoms with Gasteiger partial charge in [-0.15, -0.1) is 0 Å². The van der Waals surface area contributed by atoms with Gasteiger partial charge in [-0.05, 0) is 40.7 Å². The molecule has 0 nitrogen and oxygen atoms in total. The number of aryl methyl sites for hydroxylation is 1. The minimum atomic E-state index is 1.08. The van der Waals surface area contributed by atoms with Crippen LogP contribution in [0.25, 0.3) is 17.2 Å². The summed E-state index contributed by atoms with van der Waals surface area (Å²) in [5.41, 5.74) is 7.06. The molecule has 1 aliphatic rings. The van der Waals surface area contributed by atoms with Crippen molar-refractivity contribution in [3.63, 3.8) is 0 Å². The van der Waals surface area contributed by atoms with Crippen molar-refractivity contribution in [2.24, 2.45) is 0 Å². The third-order valence-corrected chi connectivity index (χ3v) is 3.51. The van der Waals surface area contributed by atoms with E-state index in [1.165, 1.54) is 27.8 Å². The van der Waals surface area contributed by atoms with E-state index in [1.807, 2.05) is 0 Å². The highest BCUT2D eigenvalue weighted by Crippen LogP contribution is 2.33. The molecule has 0 atom stereocenters. The molecule has 0 aromatic heterocycles. The Morgan fingerprint density at radius 2 is 1.76 bits per heavy atom. The minimum absolute atomic E-state index is 1.08. The summed E-state index contributed by atoms with van der Waals surface area (Å²) in [5.74, 6) is 0. The van der Waals surface area contributed by atoms with E-state index in [-0.39, 0.29) is 0 Å². The molecule has 0 fully saturated rings. The molecule has 0 saturated carbocycles. The van der Waals surface area contributed by atoms with Crippen LogP contribution in [0.5, 0.6) is 0 Å². The van der Waals surface area contributed by atoms with Crippen LogP contribution in [0.3, 0.4) is 0 Å². The van der Waals surface area contributed by atoms with Crippen LogP contribution < -0.4 is 0 Å². The van der Waals surface area contributed by atoms with Crippen molar-refractivity contribution in [3.8, 4) is 11.1 Å². The average molecular weight is 220 g/mol. The Morgan fingerprint density at radius 3 is 2.65 bits per heavy atom. The molecule has 3 rings (SSSR count). The van der Waals surface area contributed by atoms with Gasteiger partial charge in [-0.1, -0.05) is 61.5 Å². The fraction of sp³-hybridized carbons (Fsp3) is 0.176. The van der Waals surface area contributed by atoms with Gasteiger partial charge in [0.05, 0.1) is 0 Å². The number of hydrogen-bond donors (Lipinski definition) is 0. The Balaban J connectivity index is 2.22. The molecule has 0 heteroatoms. The first-order valence-corrected chi connectivity index (χ1v) is 6.27. The quantitative estimate of drug-likeness (QED) is 0.699. The zero-order valence-corrected chi connectivity index (χ0v) is 10.1. The molecular formula is C17H16. The summed E-state index contributed by atoms with van der Waals surface area (Å²) in [5, 5.41) is 0. The van der Waals surface area contributed by atoms with Crippen molar-refractivity contribution >= 4 is 6.08 Å². The van der Waals surface area contributed by atoms with Gasteiger partial charge in [0.2, 0.25) is 0 Å². The highest BCUT2D eigenvalue weighted by Gasteiger charge is 2.12. The summed E-state index contributed by atoms with van der Waals surface area (Å²) in [4.78, 5) is 0. The van der Waals surface area contributed by atoms with Crippen LogP contribution in [0, 0.1) is 0 Å². The van der Waals surface area contributed by atoms with E-state index in [9.17, 15) is 0 Å². The van der Waals surface area contributed by atoms with Crippen molar-refractivity contribution in [2.75, 3.05) is 0 Å². The molecular weight excluding hydrogens is 204 g/mol. The number of rotatable bonds is 2.